The molecule has 0 aliphatic heterocycles. The number of rotatable bonds is 3. The fraction of sp³-hybridized carbons (Fsp3) is 0.429. The van der Waals surface area contributed by atoms with Crippen LogP contribution in [-0.4, -0.2) is 17.0 Å². The van der Waals surface area contributed by atoms with E-state index in [9.17, 15) is 14.0 Å². The van der Waals surface area contributed by atoms with Gasteiger partial charge in [0.2, 0.25) is 5.91 Å². The Morgan fingerprint density at radius 3 is 2.47 bits per heavy atom. The van der Waals surface area contributed by atoms with Crippen molar-refractivity contribution in [1.29, 1.82) is 0 Å². The highest BCUT2D eigenvalue weighted by molar-refractivity contribution is 6.00. The Balaban J connectivity index is 2.15. The van der Waals surface area contributed by atoms with E-state index in [1.54, 1.807) is 26.8 Å². The highest BCUT2D eigenvalue weighted by Crippen LogP contribution is 2.58. The fourth-order valence-electron chi connectivity index (χ4n) is 2.54. The minimum Gasteiger partial charge on any atom is -0.481 e. The van der Waals surface area contributed by atoms with Crippen molar-refractivity contribution in [3.05, 3.63) is 29.6 Å². The van der Waals surface area contributed by atoms with Gasteiger partial charge < -0.3 is 10.4 Å². The average molecular weight is 265 g/mol. The van der Waals surface area contributed by atoms with Gasteiger partial charge in [-0.25, -0.2) is 4.39 Å². The summed E-state index contributed by atoms with van der Waals surface area (Å²) in [5.74, 6) is -3.00. The van der Waals surface area contributed by atoms with Gasteiger partial charge in [-0.15, -0.1) is 0 Å². The number of carbonyl (C=O) groups excluding carboxylic acids is 1. The van der Waals surface area contributed by atoms with E-state index in [0.29, 0.717) is 11.3 Å². The first kappa shape index (κ1) is 13.5. The molecule has 1 aromatic carbocycles. The standard InChI is InChI=1S/C14H16FNO3/c1-7-8(15)5-4-6-9(7)16-12(17)10-11(13(18)19)14(10,2)3/h4-6,10-11H,1-3H3,(H,16,17)(H,18,19)/t10-,11+/m1/s1. The molecule has 0 heterocycles. The van der Waals surface area contributed by atoms with E-state index in [1.807, 2.05) is 0 Å². The van der Waals surface area contributed by atoms with Crippen LogP contribution in [-0.2, 0) is 9.59 Å². The van der Waals surface area contributed by atoms with E-state index in [4.69, 9.17) is 5.11 Å². The van der Waals surface area contributed by atoms with E-state index in [-0.39, 0.29) is 5.91 Å². The lowest BCUT2D eigenvalue weighted by Crippen LogP contribution is -2.18. The first-order chi connectivity index (χ1) is 8.76. The van der Waals surface area contributed by atoms with Crippen LogP contribution in [0.1, 0.15) is 19.4 Å². The number of hydrogen-bond acceptors (Lipinski definition) is 2. The van der Waals surface area contributed by atoms with Crippen LogP contribution in [0.25, 0.3) is 0 Å². The zero-order chi connectivity index (χ0) is 14.4. The second kappa shape index (κ2) is 4.33. The maximum atomic E-state index is 13.4. The molecule has 0 spiro atoms. The smallest absolute Gasteiger partial charge is 0.307 e. The van der Waals surface area contributed by atoms with Crippen LogP contribution in [0.2, 0.25) is 0 Å². The molecule has 5 heteroatoms. The van der Waals surface area contributed by atoms with Crippen molar-refractivity contribution in [3.63, 3.8) is 0 Å². The monoisotopic (exact) mass is 265 g/mol. The second-order valence-corrected chi connectivity index (χ2v) is 5.52. The van der Waals surface area contributed by atoms with Gasteiger partial charge in [0, 0.05) is 11.3 Å². The molecule has 2 N–H and O–H groups in total. The summed E-state index contributed by atoms with van der Waals surface area (Å²) in [4.78, 5) is 23.1. The number of nitrogens with one attached hydrogen (secondary N) is 1. The van der Waals surface area contributed by atoms with E-state index in [2.05, 4.69) is 5.32 Å². The molecule has 2 rings (SSSR count). The molecule has 0 radical (unpaired) electrons. The number of anilines is 1. The molecule has 0 unspecified atom stereocenters. The van der Waals surface area contributed by atoms with Gasteiger partial charge in [-0.1, -0.05) is 19.9 Å². The lowest BCUT2D eigenvalue weighted by atomic mass is 10.1. The minimum atomic E-state index is -0.971. The third kappa shape index (κ3) is 2.20. The SMILES string of the molecule is Cc1c(F)cccc1NC(=O)[C@H]1[C@@H](C(=O)O)C1(C)C. The first-order valence-electron chi connectivity index (χ1n) is 6.05. The van der Waals surface area contributed by atoms with Crippen LogP contribution in [0.3, 0.4) is 0 Å². The summed E-state index contributed by atoms with van der Waals surface area (Å²) in [7, 11) is 0. The molecule has 1 amide bonds. The molecule has 1 fully saturated rings. The molecule has 1 aromatic rings. The van der Waals surface area contributed by atoms with Gasteiger partial charge in [0.1, 0.15) is 5.82 Å². The van der Waals surface area contributed by atoms with Gasteiger partial charge in [-0.3, -0.25) is 9.59 Å². The van der Waals surface area contributed by atoms with Crippen molar-refractivity contribution >= 4 is 17.6 Å². The van der Waals surface area contributed by atoms with Crippen LogP contribution < -0.4 is 5.32 Å². The molecule has 1 aliphatic rings. The summed E-state index contributed by atoms with van der Waals surface area (Å²) >= 11 is 0. The Bertz CT molecular complexity index is 554. The molecule has 0 bridgehead atoms. The van der Waals surface area contributed by atoms with Crippen LogP contribution in [0.5, 0.6) is 0 Å². The number of benzene rings is 1. The zero-order valence-electron chi connectivity index (χ0n) is 11.0. The highest BCUT2D eigenvalue weighted by Gasteiger charge is 2.65. The summed E-state index contributed by atoms with van der Waals surface area (Å²) in [5, 5.41) is 11.6. The van der Waals surface area contributed by atoms with Gasteiger partial charge in [-0.2, -0.15) is 0 Å². The van der Waals surface area contributed by atoms with Gasteiger partial charge in [-0.05, 0) is 24.5 Å². The van der Waals surface area contributed by atoms with Gasteiger partial charge in [0.25, 0.3) is 0 Å². The molecular formula is C14H16FNO3. The molecule has 19 heavy (non-hydrogen) atoms. The number of carbonyl (C=O) groups is 2. The van der Waals surface area contributed by atoms with Crippen LogP contribution >= 0.6 is 0 Å². The predicted octanol–water partition coefficient (Wildman–Crippen LogP) is 2.43. The van der Waals surface area contributed by atoms with Crippen molar-refractivity contribution < 1.29 is 19.1 Å². The number of carboxylic acid groups (broad SMARTS) is 1. The Morgan fingerprint density at radius 1 is 1.32 bits per heavy atom. The third-order valence-corrected chi connectivity index (χ3v) is 3.90. The Hall–Kier alpha value is -1.91. The fourth-order valence-corrected chi connectivity index (χ4v) is 2.54. The maximum absolute atomic E-state index is 13.4. The quantitative estimate of drug-likeness (QED) is 0.882. The summed E-state index contributed by atoms with van der Waals surface area (Å²) in [6.45, 7) is 5.06. The summed E-state index contributed by atoms with van der Waals surface area (Å²) in [5.41, 5.74) is 0.176. The van der Waals surface area contributed by atoms with Crippen molar-refractivity contribution in [1.82, 2.24) is 0 Å². The molecule has 1 aliphatic carbocycles. The van der Waals surface area contributed by atoms with E-state index in [0.717, 1.165) is 0 Å². The highest BCUT2D eigenvalue weighted by atomic mass is 19.1. The van der Waals surface area contributed by atoms with Crippen LogP contribution in [0.4, 0.5) is 10.1 Å². The molecule has 2 atom stereocenters. The zero-order valence-corrected chi connectivity index (χ0v) is 11.0. The topological polar surface area (TPSA) is 66.4 Å². The normalized spacial score (nSPS) is 23.8. The number of aliphatic carboxylic acids is 1. The summed E-state index contributed by atoms with van der Waals surface area (Å²) < 4.78 is 13.4. The van der Waals surface area contributed by atoms with Crippen molar-refractivity contribution in [2.45, 2.75) is 20.8 Å². The van der Waals surface area contributed by atoms with E-state index < -0.39 is 29.0 Å². The molecule has 0 aromatic heterocycles. The molecule has 1 saturated carbocycles. The number of halogens is 1. The van der Waals surface area contributed by atoms with E-state index >= 15 is 0 Å². The Morgan fingerprint density at radius 2 is 1.95 bits per heavy atom. The summed E-state index contributed by atoms with van der Waals surface area (Å²) in [6.07, 6.45) is 0. The molecule has 4 nitrogen and oxygen atoms in total. The van der Waals surface area contributed by atoms with Crippen molar-refractivity contribution in [3.8, 4) is 0 Å². The average Bonchev–Trinajstić information content (AvgIpc) is 2.88. The second-order valence-electron chi connectivity index (χ2n) is 5.52. The van der Waals surface area contributed by atoms with Gasteiger partial charge in [0.05, 0.1) is 11.8 Å². The van der Waals surface area contributed by atoms with E-state index in [1.165, 1.54) is 12.1 Å². The van der Waals surface area contributed by atoms with Gasteiger partial charge >= 0.3 is 5.97 Å². The maximum Gasteiger partial charge on any atom is 0.307 e. The Labute approximate surface area is 110 Å². The predicted molar refractivity (Wildman–Crippen MR) is 68.2 cm³/mol. The largest absolute Gasteiger partial charge is 0.481 e. The van der Waals surface area contributed by atoms with Crippen molar-refractivity contribution in [2.24, 2.45) is 17.3 Å². The van der Waals surface area contributed by atoms with Gasteiger partial charge in [0.15, 0.2) is 0 Å². The lowest BCUT2D eigenvalue weighted by Gasteiger charge is -2.09. The number of carboxylic acids is 1. The minimum absolute atomic E-state index is 0.348. The van der Waals surface area contributed by atoms with Crippen LogP contribution in [0, 0.1) is 30.0 Å². The van der Waals surface area contributed by atoms with Crippen LogP contribution in [0.15, 0.2) is 18.2 Å². The number of hydrogen-bond donors (Lipinski definition) is 2. The molecule has 0 saturated heterocycles. The lowest BCUT2D eigenvalue weighted by molar-refractivity contribution is -0.140. The first-order valence-corrected chi connectivity index (χ1v) is 6.05. The molecule has 102 valence electrons. The Kier molecular flexibility index (Phi) is 3.08. The number of amides is 1. The summed E-state index contributed by atoms with van der Waals surface area (Å²) in [6, 6.07) is 4.41. The van der Waals surface area contributed by atoms with Crippen molar-refractivity contribution in [2.75, 3.05) is 5.32 Å². The molecular weight excluding hydrogens is 249 g/mol. The third-order valence-electron chi connectivity index (χ3n) is 3.90.